The summed E-state index contributed by atoms with van der Waals surface area (Å²) in [6.07, 6.45) is 2.42. The van der Waals surface area contributed by atoms with Crippen LogP contribution in [-0.4, -0.2) is 33.3 Å². The molecular formula is C16H17BF3N3O2. The third kappa shape index (κ3) is 3.34. The molecule has 0 aliphatic carbocycles. The molecule has 1 aliphatic heterocycles. The molecule has 1 fully saturated rings. The Morgan fingerprint density at radius 3 is 2.40 bits per heavy atom. The van der Waals surface area contributed by atoms with E-state index in [0.29, 0.717) is 0 Å². The first-order valence-electron chi connectivity index (χ1n) is 7.69. The van der Waals surface area contributed by atoms with Crippen molar-refractivity contribution in [1.82, 2.24) is 15.0 Å². The lowest BCUT2D eigenvalue weighted by Crippen LogP contribution is -2.41. The van der Waals surface area contributed by atoms with E-state index in [1.165, 1.54) is 12.3 Å². The molecule has 5 nitrogen and oxygen atoms in total. The van der Waals surface area contributed by atoms with Crippen molar-refractivity contribution in [2.45, 2.75) is 38.9 Å². The Balaban J connectivity index is 1.82. The zero-order chi connectivity index (χ0) is 18.4. The van der Waals surface area contributed by atoms with Gasteiger partial charge in [0.1, 0.15) is 22.9 Å². The molecule has 1 aliphatic rings. The summed E-state index contributed by atoms with van der Waals surface area (Å²) in [4.78, 5) is 0. The first-order chi connectivity index (χ1) is 11.6. The van der Waals surface area contributed by atoms with Gasteiger partial charge in [-0.15, -0.1) is 5.10 Å². The van der Waals surface area contributed by atoms with Crippen LogP contribution in [0.5, 0.6) is 0 Å². The van der Waals surface area contributed by atoms with Gasteiger partial charge in [0.2, 0.25) is 0 Å². The molecule has 132 valence electrons. The van der Waals surface area contributed by atoms with Gasteiger partial charge in [0.15, 0.2) is 5.82 Å². The third-order valence-corrected chi connectivity index (χ3v) is 4.43. The molecule has 0 amide bonds. The first-order valence-corrected chi connectivity index (χ1v) is 7.69. The maximum Gasteiger partial charge on any atom is 0.525 e. The zero-order valence-electron chi connectivity index (χ0n) is 14.3. The molecule has 0 saturated carbocycles. The summed E-state index contributed by atoms with van der Waals surface area (Å²) in [7, 11) is -1.15. The first kappa shape index (κ1) is 17.7. The van der Waals surface area contributed by atoms with Gasteiger partial charge in [0.05, 0.1) is 17.4 Å². The lowest BCUT2D eigenvalue weighted by Gasteiger charge is -2.32. The van der Waals surface area contributed by atoms with Gasteiger partial charge in [-0.2, -0.15) is 0 Å². The fourth-order valence-electron chi connectivity index (χ4n) is 2.29. The van der Waals surface area contributed by atoms with Gasteiger partial charge in [-0.1, -0.05) is 5.21 Å². The molecule has 1 saturated heterocycles. The van der Waals surface area contributed by atoms with Crippen molar-refractivity contribution < 1.29 is 22.5 Å². The standard InChI is InChI=1S/C16H17BF3N3O2/c1-15(2)16(3,4)25-17(24-15)14(20)8-11-9-23(22-21-11)13-6-5-10(18)7-12(13)19/h5-9H,1-4H3. The summed E-state index contributed by atoms with van der Waals surface area (Å²) in [5.74, 6) is -1.50. The lowest BCUT2D eigenvalue weighted by atomic mass is 9.87. The van der Waals surface area contributed by atoms with Gasteiger partial charge in [-0.05, 0) is 45.9 Å². The van der Waals surface area contributed by atoms with Crippen molar-refractivity contribution in [2.24, 2.45) is 0 Å². The second kappa shape index (κ2) is 6.00. The van der Waals surface area contributed by atoms with Gasteiger partial charge < -0.3 is 9.31 Å². The van der Waals surface area contributed by atoms with E-state index >= 15 is 0 Å². The minimum atomic E-state index is -1.15. The predicted molar refractivity (Wildman–Crippen MR) is 86.4 cm³/mol. The highest BCUT2D eigenvalue weighted by molar-refractivity contribution is 6.54. The average molecular weight is 351 g/mol. The van der Waals surface area contributed by atoms with Gasteiger partial charge in [-0.3, -0.25) is 0 Å². The van der Waals surface area contributed by atoms with Gasteiger partial charge >= 0.3 is 7.12 Å². The Hall–Kier alpha value is -2.13. The topological polar surface area (TPSA) is 49.2 Å². The van der Waals surface area contributed by atoms with Crippen molar-refractivity contribution in [1.29, 1.82) is 0 Å². The van der Waals surface area contributed by atoms with Crippen LogP contribution in [0.3, 0.4) is 0 Å². The van der Waals surface area contributed by atoms with Crippen LogP contribution < -0.4 is 0 Å². The van der Waals surface area contributed by atoms with Gasteiger partial charge in [-0.25, -0.2) is 17.9 Å². The lowest BCUT2D eigenvalue weighted by molar-refractivity contribution is 0.00578. The van der Waals surface area contributed by atoms with E-state index < -0.39 is 35.7 Å². The van der Waals surface area contributed by atoms with E-state index in [1.807, 2.05) is 27.7 Å². The number of rotatable bonds is 3. The summed E-state index contributed by atoms with van der Waals surface area (Å²) in [6, 6.07) is 3.05. The van der Waals surface area contributed by atoms with Crippen LogP contribution in [0.25, 0.3) is 11.8 Å². The van der Waals surface area contributed by atoms with Crippen LogP contribution in [-0.2, 0) is 9.31 Å². The molecular weight excluding hydrogens is 334 g/mol. The van der Waals surface area contributed by atoms with E-state index in [0.717, 1.165) is 22.9 Å². The van der Waals surface area contributed by atoms with Crippen LogP contribution in [0.15, 0.2) is 30.1 Å². The molecule has 2 heterocycles. The average Bonchev–Trinajstić information content (AvgIpc) is 3.01. The fraction of sp³-hybridized carbons (Fsp3) is 0.375. The van der Waals surface area contributed by atoms with E-state index in [2.05, 4.69) is 10.3 Å². The third-order valence-electron chi connectivity index (χ3n) is 4.43. The Morgan fingerprint density at radius 1 is 1.16 bits per heavy atom. The smallest absolute Gasteiger partial charge is 0.398 e. The number of hydrogen-bond acceptors (Lipinski definition) is 4. The molecule has 0 spiro atoms. The molecule has 0 unspecified atom stereocenters. The second-order valence-electron chi connectivity index (χ2n) is 6.80. The molecule has 0 bridgehead atoms. The van der Waals surface area contributed by atoms with E-state index in [9.17, 15) is 13.2 Å². The molecule has 0 radical (unpaired) electrons. The number of halogens is 3. The Morgan fingerprint density at radius 2 is 1.80 bits per heavy atom. The summed E-state index contributed by atoms with van der Waals surface area (Å²) < 4.78 is 53.5. The van der Waals surface area contributed by atoms with Crippen LogP contribution in [0.1, 0.15) is 33.4 Å². The van der Waals surface area contributed by atoms with Crippen LogP contribution in [0.2, 0.25) is 0 Å². The van der Waals surface area contributed by atoms with Crippen molar-refractivity contribution in [3.05, 3.63) is 47.5 Å². The Labute approximate surface area is 143 Å². The zero-order valence-corrected chi connectivity index (χ0v) is 14.3. The highest BCUT2D eigenvalue weighted by Gasteiger charge is 2.53. The van der Waals surface area contributed by atoms with Crippen molar-refractivity contribution in [3.63, 3.8) is 0 Å². The second-order valence-corrected chi connectivity index (χ2v) is 6.80. The van der Waals surface area contributed by atoms with E-state index in [1.54, 1.807) is 0 Å². The SMILES string of the molecule is CC1(C)OB(C(F)=Cc2cn(-c3ccc(F)cc3F)nn2)OC1(C)C. The summed E-state index contributed by atoms with van der Waals surface area (Å²) >= 11 is 0. The number of hydrogen-bond donors (Lipinski definition) is 0. The fourth-order valence-corrected chi connectivity index (χ4v) is 2.29. The molecule has 9 heteroatoms. The van der Waals surface area contributed by atoms with Gasteiger partial charge in [0.25, 0.3) is 0 Å². The molecule has 1 aromatic heterocycles. The normalized spacial score (nSPS) is 19.5. The number of aromatic nitrogens is 3. The Kier molecular flexibility index (Phi) is 4.24. The van der Waals surface area contributed by atoms with Crippen LogP contribution >= 0.6 is 0 Å². The summed E-state index contributed by atoms with van der Waals surface area (Å²) in [6.45, 7) is 7.25. The minimum absolute atomic E-state index is 0.00425. The van der Waals surface area contributed by atoms with E-state index in [4.69, 9.17) is 9.31 Å². The predicted octanol–water partition coefficient (Wildman–Crippen LogP) is 3.49. The molecule has 0 N–H and O–H groups in total. The minimum Gasteiger partial charge on any atom is -0.398 e. The van der Waals surface area contributed by atoms with Gasteiger partial charge in [0, 0.05) is 6.07 Å². The maximum absolute atomic E-state index is 14.4. The quantitative estimate of drug-likeness (QED) is 0.795. The van der Waals surface area contributed by atoms with Crippen molar-refractivity contribution in [2.75, 3.05) is 0 Å². The maximum atomic E-state index is 14.4. The number of nitrogens with zero attached hydrogens (tertiary/aromatic N) is 3. The summed E-state index contributed by atoms with van der Waals surface area (Å²) in [5, 5.41) is 7.49. The molecule has 1 aromatic carbocycles. The molecule has 3 rings (SSSR count). The largest absolute Gasteiger partial charge is 0.525 e. The Bertz CT molecular complexity index is 820. The molecule has 25 heavy (non-hydrogen) atoms. The molecule has 2 aromatic rings. The monoisotopic (exact) mass is 351 g/mol. The van der Waals surface area contributed by atoms with Crippen molar-refractivity contribution in [3.8, 4) is 5.69 Å². The highest BCUT2D eigenvalue weighted by atomic mass is 19.1. The summed E-state index contributed by atoms with van der Waals surface area (Å²) in [5.41, 5.74) is -1.86. The van der Waals surface area contributed by atoms with Crippen LogP contribution in [0, 0.1) is 11.6 Å². The molecule has 0 atom stereocenters. The van der Waals surface area contributed by atoms with Crippen molar-refractivity contribution >= 4 is 13.2 Å². The van der Waals surface area contributed by atoms with E-state index in [-0.39, 0.29) is 11.4 Å². The highest BCUT2D eigenvalue weighted by Crippen LogP contribution is 2.39. The van der Waals surface area contributed by atoms with Crippen LogP contribution in [0.4, 0.5) is 13.2 Å². The number of benzene rings is 1.